The molecular weight excluding hydrogens is 232 g/mol. The molecule has 100 valence electrons. The fourth-order valence-corrected chi connectivity index (χ4v) is 2.25. The first-order chi connectivity index (χ1) is 9.28. The van der Waals surface area contributed by atoms with Crippen LogP contribution in [-0.2, 0) is 12.8 Å². The molecule has 1 aromatic heterocycles. The number of hydrogen-bond donors (Lipinski definition) is 1. The highest BCUT2D eigenvalue weighted by molar-refractivity contribution is 5.21. The van der Waals surface area contributed by atoms with E-state index in [1.54, 1.807) is 0 Å². The van der Waals surface area contributed by atoms with Gasteiger partial charge in [-0.25, -0.2) is 0 Å². The van der Waals surface area contributed by atoms with E-state index in [0.29, 0.717) is 6.04 Å². The van der Waals surface area contributed by atoms with Crippen molar-refractivity contribution in [1.29, 1.82) is 0 Å². The molecule has 0 amide bonds. The van der Waals surface area contributed by atoms with Gasteiger partial charge in [-0.05, 0) is 50.4 Å². The molecule has 0 fully saturated rings. The number of aromatic nitrogens is 1. The van der Waals surface area contributed by atoms with E-state index in [1.807, 2.05) is 25.5 Å². The number of nitrogens with one attached hydrogen (secondary N) is 1. The van der Waals surface area contributed by atoms with E-state index < -0.39 is 0 Å². The lowest BCUT2D eigenvalue weighted by molar-refractivity contribution is 0.519. The number of nitrogens with zero attached hydrogens (tertiary/aromatic N) is 1. The second kappa shape index (κ2) is 7.05. The number of aryl methyl sites for hydroxylation is 2. The predicted molar refractivity (Wildman–Crippen MR) is 80.3 cm³/mol. The molecule has 1 aromatic carbocycles. The van der Waals surface area contributed by atoms with Crippen LogP contribution in [0.25, 0.3) is 0 Å². The Labute approximate surface area is 115 Å². The molecule has 19 heavy (non-hydrogen) atoms. The number of likely N-dealkylation sites (N-methyl/N-ethyl adjacent to an activating group) is 1. The molecule has 2 aromatic rings. The van der Waals surface area contributed by atoms with E-state index in [4.69, 9.17) is 0 Å². The Hall–Kier alpha value is -1.67. The zero-order valence-electron chi connectivity index (χ0n) is 11.8. The Bertz CT molecular complexity index is 476. The molecular formula is C17H22N2. The van der Waals surface area contributed by atoms with E-state index in [9.17, 15) is 0 Å². The highest BCUT2D eigenvalue weighted by Crippen LogP contribution is 2.10. The van der Waals surface area contributed by atoms with Crippen molar-refractivity contribution in [3.8, 4) is 0 Å². The van der Waals surface area contributed by atoms with Crippen molar-refractivity contribution >= 4 is 0 Å². The first-order valence-electron chi connectivity index (χ1n) is 6.89. The summed E-state index contributed by atoms with van der Waals surface area (Å²) in [6, 6.07) is 13.5. The van der Waals surface area contributed by atoms with Crippen LogP contribution in [0.15, 0.2) is 48.8 Å². The van der Waals surface area contributed by atoms with Gasteiger partial charge in [-0.15, -0.1) is 0 Å². The van der Waals surface area contributed by atoms with E-state index in [1.165, 1.54) is 16.7 Å². The average Bonchev–Trinajstić information content (AvgIpc) is 2.46. The normalized spacial score (nSPS) is 12.3. The number of benzene rings is 1. The Balaban J connectivity index is 1.87. The average molecular weight is 254 g/mol. The van der Waals surface area contributed by atoms with Gasteiger partial charge in [0.25, 0.3) is 0 Å². The number of rotatable bonds is 6. The minimum atomic E-state index is 0.505. The summed E-state index contributed by atoms with van der Waals surface area (Å²) in [6.45, 7) is 2.13. The van der Waals surface area contributed by atoms with Gasteiger partial charge < -0.3 is 5.32 Å². The van der Waals surface area contributed by atoms with Crippen molar-refractivity contribution < 1.29 is 0 Å². The minimum Gasteiger partial charge on any atom is -0.317 e. The Kier molecular flexibility index (Phi) is 5.10. The summed E-state index contributed by atoms with van der Waals surface area (Å²) in [5.41, 5.74) is 4.03. The number of hydrogen-bond acceptors (Lipinski definition) is 2. The second-order valence-electron chi connectivity index (χ2n) is 5.08. The Morgan fingerprint density at radius 3 is 2.53 bits per heavy atom. The predicted octanol–water partition coefficient (Wildman–Crippen LogP) is 3.15. The largest absolute Gasteiger partial charge is 0.317 e. The van der Waals surface area contributed by atoms with Crippen molar-refractivity contribution in [2.75, 3.05) is 7.05 Å². The molecule has 2 nitrogen and oxygen atoms in total. The lowest BCUT2D eigenvalue weighted by atomic mass is 9.99. The Morgan fingerprint density at radius 1 is 1.11 bits per heavy atom. The van der Waals surface area contributed by atoms with Gasteiger partial charge in [-0.3, -0.25) is 4.98 Å². The van der Waals surface area contributed by atoms with Crippen LogP contribution in [0.3, 0.4) is 0 Å². The summed E-state index contributed by atoms with van der Waals surface area (Å²) in [6.07, 6.45) is 7.08. The molecule has 1 heterocycles. The van der Waals surface area contributed by atoms with Gasteiger partial charge in [0.15, 0.2) is 0 Å². The van der Waals surface area contributed by atoms with Gasteiger partial charge in [0.05, 0.1) is 0 Å². The first kappa shape index (κ1) is 13.8. The van der Waals surface area contributed by atoms with Crippen LogP contribution >= 0.6 is 0 Å². The van der Waals surface area contributed by atoms with Gasteiger partial charge in [0.1, 0.15) is 0 Å². The fraction of sp³-hybridized carbons (Fsp3) is 0.353. The Morgan fingerprint density at radius 2 is 1.89 bits per heavy atom. The summed E-state index contributed by atoms with van der Waals surface area (Å²) in [4.78, 5) is 4.17. The summed E-state index contributed by atoms with van der Waals surface area (Å²) in [7, 11) is 2.04. The van der Waals surface area contributed by atoms with Crippen LogP contribution in [-0.4, -0.2) is 18.1 Å². The van der Waals surface area contributed by atoms with Crippen molar-refractivity contribution in [3.05, 3.63) is 65.5 Å². The molecule has 0 bridgehead atoms. The third-order valence-electron chi connectivity index (χ3n) is 3.52. The van der Waals surface area contributed by atoms with E-state index in [0.717, 1.165) is 19.3 Å². The monoisotopic (exact) mass is 254 g/mol. The van der Waals surface area contributed by atoms with Gasteiger partial charge >= 0.3 is 0 Å². The fourth-order valence-electron chi connectivity index (χ4n) is 2.25. The van der Waals surface area contributed by atoms with Gasteiger partial charge in [0, 0.05) is 18.4 Å². The first-order valence-corrected chi connectivity index (χ1v) is 6.89. The quantitative estimate of drug-likeness (QED) is 0.856. The third kappa shape index (κ3) is 4.49. The SMILES string of the molecule is CNC(CCc1ccc(C)cc1)Cc1cccnc1. The van der Waals surface area contributed by atoms with Crippen LogP contribution < -0.4 is 5.32 Å². The van der Waals surface area contributed by atoms with E-state index in [2.05, 4.69) is 47.6 Å². The van der Waals surface area contributed by atoms with Crippen LogP contribution in [0.5, 0.6) is 0 Å². The minimum absolute atomic E-state index is 0.505. The van der Waals surface area contributed by atoms with Crippen molar-refractivity contribution in [2.24, 2.45) is 0 Å². The topological polar surface area (TPSA) is 24.9 Å². The van der Waals surface area contributed by atoms with Crippen LogP contribution in [0, 0.1) is 6.92 Å². The molecule has 0 spiro atoms. The molecule has 1 N–H and O–H groups in total. The molecule has 2 heteroatoms. The standard InChI is InChI=1S/C17H22N2/c1-14-5-7-15(8-6-14)9-10-17(18-2)12-16-4-3-11-19-13-16/h3-8,11,13,17-18H,9-10,12H2,1-2H3. The van der Waals surface area contributed by atoms with Crippen molar-refractivity contribution in [2.45, 2.75) is 32.2 Å². The van der Waals surface area contributed by atoms with Crippen LogP contribution in [0.2, 0.25) is 0 Å². The van der Waals surface area contributed by atoms with Gasteiger partial charge in [-0.2, -0.15) is 0 Å². The smallest absolute Gasteiger partial charge is 0.0300 e. The van der Waals surface area contributed by atoms with Crippen molar-refractivity contribution in [1.82, 2.24) is 10.3 Å². The van der Waals surface area contributed by atoms with Crippen LogP contribution in [0.1, 0.15) is 23.1 Å². The van der Waals surface area contributed by atoms with E-state index in [-0.39, 0.29) is 0 Å². The number of pyridine rings is 1. The van der Waals surface area contributed by atoms with Gasteiger partial charge in [0.2, 0.25) is 0 Å². The summed E-state index contributed by atoms with van der Waals surface area (Å²) in [5, 5.41) is 3.40. The highest BCUT2D eigenvalue weighted by Gasteiger charge is 2.07. The molecule has 1 unspecified atom stereocenters. The molecule has 1 atom stereocenters. The maximum atomic E-state index is 4.17. The van der Waals surface area contributed by atoms with Gasteiger partial charge in [-0.1, -0.05) is 35.9 Å². The maximum Gasteiger partial charge on any atom is 0.0300 e. The third-order valence-corrected chi connectivity index (χ3v) is 3.52. The van der Waals surface area contributed by atoms with Crippen LogP contribution in [0.4, 0.5) is 0 Å². The lowest BCUT2D eigenvalue weighted by Crippen LogP contribution is -2.28. The molecule has 0 aliphatic rings. The zero-order valence-corrected chi connectivity index (χ0v) is 11.8. The maximum absolute atomic E-state index is 4.17. The zero-order chi connectivity index (χ0) is 13.5. The second-order valence-corrected chi connectivity index (χ2v) is 5.08. The van der Waals surface area contributed by atoms with E-state index >= 15 is 0 Å². The summed E-state index contributed by atoms with van der Waals surface area (Å²) < 4.78 is 0. The van der Waals surface area contributed by atoms with Crippen molar-refractivity contribution in [3.63, 3.8) is 0 Å². The molecule has 0 saturated heterocycles. The summed E-state index contributed by atoms with van der Waals surface area (Å²) >= 11 is 0. The highest BCUT2D eigenvalue weighted by atomic mass is 14.9. The molecule has 0 saturated carbocycles. The molecule has 2 rings (SSSR count). The molecule has 0 aliphatic heterocycles. The lowest BCUT2D eigenvalue weighted by Gasteiger charge is -2.16. The molecule has 0 aliphatic carbocycles. The summed E-state index contributed by atoms with van der Waals surface area (Å²) in [5.74, 6) is 0. The molecule has 0 radical (unpaired) electrons.